The number of hydrogen-bond acceptors (Lipinski definition) is 5. The third-order valence-electron chi connectivity index (χ3n) is 5.73. The number of aryl methyl sites for hydroxylation is 1. The van der Waals surface area contributed by atoms with E-state index in [1.807, 2.05) is 25.1 Å². The second-order valence-electron chi connectivity index (χ2n) is 8.39. The lowest BCUT2D eigenvalue weighted by Crippen LogP contribution is -2.26. The number of hydrogen-bond donors (Lipinski definition) is 2. The summed E-state index contributed by atoms with van der Waals surface area (Å²) in [5, 5.41) is 6.32. The monoisotopic (exact) mass is 462 g/mol. The number of nitrogens with one attached hydrogen (secondary N) is 2. The van der Waals surface area contributed by atoms with Crippen molar-refractivity contribution in [2.24, 2.45) is 0 Å². The number of aromatic nitrogens is 2. The van der Waals surface area contributed by atoms with Crippen LogP contribution in [0, 0.1) is 0 Å². The van der Waals surface area contributed by atoms with E-state index in [1.54, 1.807) is 34.9 Å². The summed E-state index contributed by atoms with van der Waals surface area (Å²) < 4.78 is 7.02. The average molecular weight is 463 g/mol. The summed E-state index contributed by atoms with van der Waals surface area (Å²) in [4.78, 5) is 42.7. The summed E-state index contributed by atoms with van der Waals surface area (Å²) in [7, 11) is 0. The van der Waals surface area contributed by atoms with Crippen molar-refractivity contribution in [2.75, 3.05) is 25.1 Å². The molecule has 1 aromatic heterocycles. The number of benzene rings is 2. The SMILES string of the molecule is CCOCCCNC(=O)c1cccc(NC(=O)CCc2nc3ccccc3c(=O)n2C2CC2)c1. The summed E-state index contributed by atoms with van der Waals surface area (Å²) in [6.07, 6.45) is 3.21. The number of fused-ring (bicyclic) bond motifs is 1. The predicted molar refractivity (Wildman–Crippen MR) is 131 cm³/mol. The maximum absolute atomic E-state index is 13.0. The lowest BCUT2D eigenvalue weighted by atomic mass is 10.1. The average Bonchev–Trinajstić information content (AvgIpc) is 3.68. The lowest BCUT2D eigenvalue weighted by molar-refractivity contribution is -0.116. The predicted octanol–water partition coefficient (Wildman–Crippen LogP) is 3.46. The van der Waals surface area contributed by atoms with Gasteiger partial charge in [0.1, 0.15) is 5.82 Å². The summed E-state index contributed by atoms with van der Waals surface area (Å²) >= 11 is 0. The van der Waals surface area contributed by atoms with E-state index in [1.165, 1.54) is 0 Å². The Balaban J connectivity index is 1.37. The van der Waals surface area contributed by atoms with Gasteiger partial charge in [-0.05, 0) is 56.5 Å². The molecule has 2 amide bonds. The molecule has 1 aliphatic rings. The van der Waals surface area contributed by atoms with Gasteiger partial charge in [0, 0.05) is 49.9 Å². The molecule has 0 aliphatic heterocycles. The fraction of sp³-hybridized carbons (Fsp3) is 0.385. The van der Waals surface area contributed by atoms with E-state index in [0.717, 1.165) is 19.3 Å². The highest BCUT2D eigenvalue weighted by atomic mass is 16.5. The first-order chi connectivity index (χ1) is 16.6. The van der Waals surface area contributed by atoms with Gasteiger partial charge in [-0.1, -0.05) is 18.2 Å². The highest BCUT2D eigenvalue weighted by molar-refractivity contribution is 5.97. The summed E-state index contributed by atoms with van der Waals surface area (Å²) in [5.74, 6) is 0.252. The minimum Gasteiger partial charge on any atom is -0.382 e. The summed E-state index contributed by atoms with van der Waals surface area (Å²) in [6, 6.07) is 14.3. The topological polar surface area (TPSA) is 102 Å². The molecule has 1 aliphatic carbocycles. The van der Waals surface area contributed by atoms with Gasteiger partial charge in [0.15, 0.2) is 0 Å². The molecule has 8 nitrogen and oxygen atoms in total. The molecule has 0 atom stereocenters. The molecule has 3 aromatic rings. The zero-order valence-corrected chi connectivity index (χ0v) is 19.4. The Bertz CT molecular complexity index is 1230. The zero-order chi connectivity index (χ0) is 23.9. The highest BCUT2D eigenvalue weighted by Crippen LogP contribution is 2.34. The number of anilines is 1. The Hall–Kier alpha value is -3.52. The van der Waals surface area contributed by atoms with Gasteiger partial charge in [0.25, 0.3) is 11.5 Å². The molecular formula is C26H30N4O4. The minimum atomic E-state index is -0.195. The van der Waals surface area contributed by atoms with E-state index in [-0.39, 0.29) is 29.8 Å². The van der Waals surface area contributed by atoms with Crippen LogP contribution in [0.2, 0.25) is 0 Å². The fourth-order valence-corrected chi connectivity index (χ4v) is 3.89. The van der Waals surface area contributed by atoms with Crippen LogP contribution in [0.15, 0.2) is 53.3 Å². The van der Waals surface area contributed by atoms with E-state index in [2.05, 4.69) is 15.6 Å². The van der Waals surface area contributed by atoms with Crippen LogP contribution in [0.25, 0.3) is 10.9 Å². The van der Waals surface area contributed by atoms with Crippen LogP contribution < -0.4 is 16.2 Å². The molecule has 1 fully saturated rings. The molecule has 2 N–H and O–H groups in total. The molecule has 4 rings (SSSR count). The third-order valence-corrected chi connectivity index (χ3v) is 5.73. The molecule has 0 spiro atoms. The second-order valence-corrected chi connectivity index (χ2v) is 8.39. The molecule has 0 bridgehead atoms. The van der Waals surface area contributed by atoms with Gasteiger partial charge in [0.05, 0.1) is 10.9 Å². The van der Waals surface area contributed by atoms with Crippen LogP contribution in [0.5, 0.6) is 0 Å². The van der Waals surface area contributed by atoms with Crippen molar-refractivity contribution in [1.82, 2.24) is 14.9 Å². The van der Waals surface area contributed by atoms with Crippen molar-refractivity contribution >= 4 is 28.4 Å². The molecule has 34 heavy (non-hydrogen) atoms. The Morgan fingerprint density at radius 3 is 2.76 bits per heavy atom. The number of amides is 2. The van der Waals surface area contributed by atoms with Gasteiger partial charge in [-0.15, -0.1) is 0 Å². The van der Waals surface area contributed by atoms with Crippen LogP contribution in [0.4, 0.5) is 5.69 Å². The number of para-hydroxylation sites is 1. The normalized spacial score (nSPS) is 13.1. The standard InChI is InChI=1S/C26H30N4O4/c1-2-34-16-6-15-27-25(32)18-7-5-8-19(17-18)28-24(31)14-13-23-29-22-10-4-3-9-21(22)26(33)30(23)20-11-12-20/h3-5,7-10,17,20H,2,6,11-16H2,1H3,(H,27,32)(H,28,31). The largest absolute Gasteiger partial charge is 0.382 e. The second kappa shape index (κ2) is 11.1. The Morgan fingerprint density at radius 2 is 1.97 bits per heavy atom. The maximum atomic E-state index is 13.0. The van der Waals surface area contributed by atoms with Crippen molar-refractivity contribution in [2.45, 2.75) is 45.1 Å². The van der Waals surface area contributed by atoms with Crippen molar-refractivity contribution < 1.29 is 14.3 Å². The molecule has 1 heterocycles. The first-order valence-corrected chi connectivity index (χ1v) is 11.8. The Morgan fingerprint density at radius 1 is 1.15 bits per heavy atom. The van der Waals surface area contributed by atoms with Gasteiger partial charge >= 0.3 is 0 Å². The van der Waals surface area contributed by atoms with Crippen molar-refractivity contribution in [3.8, 4) is 0 Å². The molecule has 8 heteroatoms. The van der Waals surface area contributed by atoms with Gasteiger partial charge < -0.3 is 15.4 Å². The van der Waals surface area contributed by atoms with Crippen LogP contribution in [0.1, 0.15) is 54.8 Å². The zero-order valence-electron chi connectivity index (χ0n) is 19.4. The fourth-order valence-electron chi connectivity index (χ4n) is 3.89. The molecule has 1 saturated carbocycles. The number of rotatable bonds is 11. The smallest absolute Gasteiger partial charge is 0.261 e. The van der Waals surface area contributed by atoms with Gasteiger partial charge in [-0.25, -0.2) is 4.98 Å². The van der Waals surface area contributed by atoms with Crippen molar-refractivity contribution in [1.29, 1.82) is 0 Å². The minimum absolute atomic E-state index is 0.0384. The maximum Gasteiger partial charge on any atom is 0.261 e. The van der Waals surface area contributed by atoms with Crippen molar-refractivity contribution in [3.63, 3.8) is 0 Å². The molecule has 2 aromatic carbocycles. The molecule has 0 unspecified atom stereocenters. The number of ether oxygens (including phenoxy) is 1. The van der Waals surface area contributed by atoms with Crippen LogP contribution >= 0.6 is 0 Å². The molecular weight excluding hydrogens is 432 g/mol. The van der Waals surface area contributed by atoms with Gasteiger partial charge in [-0.3, -0.25) is 19.0 Å². The molecule has 178 valence electrons. The molecule has 0 radical (unpaired) electrons. The highest BCUT2D eigenvalue weighted by Gasteiger charge is 2.28. The lowest BCUT2D eigenvalue weighted by Gasteiger charge is -2.13. The number of carbonyl (C=O) groups excluding carboxylic acids is 2. The number of nitrogens with zero attached hydrogens (tertiary/aromatic N) is 2. The van der Waals surface area contributed by atoms with Crippen LogP contribution in [0.3, 0.4) is 0 Å². The Kier molecular flexibility index (Phi) is 7.69. The van der Waals surface area contributed by atoms with Crippen molar-refractivity contribution in [3.05, 3.63) is 70.3 Å². The van der Waals surface area contributed by atoms with Crippen LogP contribution in [-0.2, 0) is 16.0 Å². The van der Waals surface area contributed by atoms with Gasteiger partial charge in [0.2, 0.25) is 5.91 Å². The van der Waals surface area contributed by atoms with E-state index in [9.17, 15) is 14.4 Å². The summed E-state index contributed by atoms with van der Waals surface area (Å²) in [5.41, 5.74) is 1.65. The van der Waals surface area contributed by atoms with E-state index < -0.39 is 0 Å². The van der Waals surface area contributed by atoms with Crippen LogP contribution in [-0.4, -0.2) is 41.1 Å². The van der Waals surface area contributed by atoms with E-state index in [4.69, 9.17) is 4.74 Å². The first-order valence-electron chi connectivity index (χ1n) is 11.8. The first kappa shape index (κ1) is 23.6. The van der Waals surface area contributed by atoms with E-state index in [0.29, 0.717) is 54.2 Å². The summed E-state index contributed by atoms with van der Waals surface area (Å²) in [6.45, 7) is 3.72. The molecule has 0 saturated heterocycles. The Labute approximate surface area is 198 Å². The third kappa shape index (κ3) is 5.88. The number of carbonyl (C=O) groups is 2. The van der Waals surface area contributed by atoms with E-state index >= 15 is 0 Å². The van der Waals surface area contributed by atoms with Gasteiger partial charge in [-0.2, -0.15) is 0 Å². The quantitative estimate of drug-likeness (QED) is 0.425.